The van der Waals surface area contributed by atoms with Crippen molar-refractivity contribution in [1.82, 2.24) is 9.88 Å². The van der Waals surface area contributed by atoms with E-state index in [-0.39, 0.29) is 6.09 Å². The van der Waals surface area contributed by atoms with E-state index in [0.717, 1.165) is 37.1 Å². The first kappa shape index (κ1) is 16.6. The van der Waals surface area contributed by atoms with Crippen molar-refractivity contribution in [2.45, 2.75) is 25.9 Å². The third-order valence-corrected chi connectivity index (χ3v) is 5.00. The van der Waals surface area contributed by atoms with Gasteiger partial charge >= 0.3 is 6.09 Å². The summed E-state index contributed by atoms with van der Waals surface area (Å²) >= 11 is 0. The summed E-state index contributed by atoms with van der Waals surface area (Å²) in [6.07, 6.45) is 6.61. The van der Waals surface area contributed by atoms with Gasteiger partial charge in [-0.25, -0.2) is 4.79 Å². The summed E-state index contributed by atoms with van der Waals surface area (Å²) in [5.41, 5.74) is 6.16. The van der Waals surface area contributed by atoms with Crippen LogP contribution in [0.15, 0.2) is 72.0 Å². The van der Waals surface area contributed by atoms with Crippen molar-refractivity contribution in [2.75, 3.05) is 13.1 Å². The van der Waals surface area contributed by atoms with Crippen LogP contribution in [0.2, 0.25) is 0 Å². The lowest BCUT2D eigenvalue weighted by Gasteiger charge is -2.20. The topological polar surface area (TPSA) is 42.4 Å². The number of carbonyl (C=O) groups excluding carboxylic acids is 1. The molecule has 0 radical (unpaired) electrons. The maximum Gasteiger partial charge on any atom is 0.410 e. The van der Waals surface area contributed by atoms with Crippen LogP contribution in [0.25, 0.3) is 5.57 Å². The number of ether oxygens (including phenoxy) is 1. The first-order valence-corrected chi connectivity index (χ1v) is 9.08. The molecule has 0 saturated carbocycles. The Balaban J connectivity index is 1.34. The minimum Gasteiger partial charge on any atom is -0.445 e. The monoisotopic (exact) mass is 346 g/mol. The summed E-state index contributed by atoms with van der Waals surface area (Å²) in [5, 5.41) is 0. The number of allylic oxidation sites excluding steroid dienone is 2. The molecule has 0 atom stereocenters. The van der Waals surface area contributed by atoms with Gasteiger partial charge in [0, 0.05) is 19.3 Å². The van der Waals surface area contributed by atoms with E-state index in [1.54, 1.807) is 0 Å². The van der Waals surface area contributed by atoms with Crippen LogP contribution in [0.4, 0.5) is 4.79 Å². The molecule has 0 saturated heterocycles. The van der Waals surface area contributed by atoms with E-state index >= 15 is 0 Å². The van der Waals surface area contributed by atoms with Crippen molar-refractivity contribution in [3.05, 3.63) is 83.2 Å². The number of carbonyl (C=O) groups is 1. The zero-order valence-corrected chi connectivity index (χ0v) is 14.7. The highest BCUT2D eigenvalue weighted by Crippen LogP contribution is 2.36. The number of hydrogen-bond acceptors (Lipinski definition) is 3. The van der Waals surface area contributed by atoms with Gasteiger partial charge in [0.05, 0.1) is 5.69 Å². The molecule has 4 rings (SSSR count). The normalized spacial score (nSPS) is 16.8. The maximum absolute atomic E-state index is 12.4. The van der Waals surface area contributed by atoms with E-state index in [9.17, 15) is 4.79 Å². The lowest BCUT2D eigenvalue weighted by molar-refractivity contribution is 0.0977. The Bertz CT molecular complexity index is 841. The number of benzene rings is 1. The van der Waals surface area contributed by atoms with Crippen molar-refractivity contribution >= 4 is 11.7 Å². The van der Waals surface area contributed by atoms with Crippen molar-refractivity contribution < 1.29 is 9.53 Å². The highest BCUT2D eigenvalue weighted by molar-refractivity contribution is 5.73. The molecule has 4 nitrogen and oxygen atoms in total. The van der Waals surface area contributed by atoms with Gasteiger partial charge in [-0.1, -0.05) is 48.0 Å². The number of hydrogen-bond donors (Lipinski definition) is 0. The van der Waals surface area contributed by atoms with Gasteiger partial charge in [-0.15, -0.1) is 0 Å². The molecule has 0 N–H and O–H groups in total. The molecule has 2 aliphatic rings. The molecule has 26 heavy (non-hydrogen) atoms. The highest BCUT2D eigenvalue weighted by Gasteiger charge is 2.24. The number of pyridine rings is 1. The summed E-state index contributed by atoms with van der Waals surface area (Å²) in [5.74, 6) is 0. The van der Waals surface area contributed by atoms with Gasteiger partial charge in [-0.05, 0) is 48.1 Å². The average Bonchev–Trinajstić information content (AvgIpc) is 3.01. The largest absolute Gasteiger partial charge is 0.445 e. The second-order valence-electron chi connectivity index (χ2n) is 6.72. The molecule has 0 bridgehead atoms. The van der Waals surface area contributed by atoms with Gasteiger partial charge < -0.3 is 9.64 Å². The lowest BCUT2D eigenvalue weighted by Crippen LogP contribution is -2.32. The Morgan fingerprint density at radius 3 is 2.65 bits per heavy atom. The van der Waals surface area contributed by atoms with Gasteiger partial charge in [0.1, 0.15) is 6.61 Å². The van der Waals surface area contributed by atoms with Crippen molar-refractivity contribution in [2.24, 2.45) is 0 Å². The molecule has 1 aromatic heterocycles. The summed E-state index contributed by atoms with van der Waals surface area (Å²) < 4.78 is 5.48. The first-order valence-electron chi connectivity index (χ1n) is 9.08. The van der Waals surface area contributed by atoms with Crippen LogP contribution in [0.5, 0.6) is 0 Å². The fraction of sp³-hybridized carbons (Fsp3) is 0.273. The summed E-state index contributed by atoms with van der Waals surface area (Å²) in [7, 11) is 0. The third-order valence-electron chi connectivity index (χ3n) is 5.00. The van der Waals surface area contributed by atoms with E-state index in [2.05, 4.69) is 17.1 Å². The standard InChI is InChI=1S/C22H22N2O2/c25-22(26-16-17-6-2-1-3-7-17)24-12-9-18-14-20(15-19(18)10-13-24)21-8-4-5-11-23-21/h1-8,11,14H,9-10,12-13,15-16H2. The van der Waals surface area contributed by atoms with Crippen LogP contribution in [0, 0.1) is 0 Å². The van der Waals surface area contributed by atoms with Crippen molar-refractivity contribution in [1.29, 1.82) is 0 Å². The van der Waals surface area contributed by atoms with Crippen LogP contribution < -0.4 is 0 Å². The van der Waals surface area contributed by atoms with Crippen LogP contribution in [-0.2, 0) is 11.3 Å². The molecule has 0 unspecified atom stereocenters. The van der Waals surface area contributed by atoms with Crippen molar-refractivity contribution in [3.63, 3.8) is 0 Å². The Morgan fingerprint density at radius 1 is 1.04 bits per heavy atom. The fourth-order valence-corrected chi connectivity index (χ4v) is 3.55. The number of aromatic nitrogens is 1. The van der Waals surface area contributed by atoms with Gasteiger partial charge in [0.15, 0.2) is 0 Å². The minimum absolute atomic E-state index is 0.219. The van der Waals surface area contributed by atoms with Crippen LogP contribution >= 0.6 is 0 Å². The number of amides is 1. The summed E-state index contributed by atoms with van der Waals surface area (Å²) in [6, 6.07) is 15.8. The van der Waals surface area contributed by atoms with E-state index in [4.69, 9.17) is 4.74 Å². The van der Waals surface area contributed by atoms with Gasteiger partial charge in [-0.2, -0.15) is 0 Å². The molecular formula is C22H22N2O2. The summed E-state index contributed by atoms with van der Waals surface area (Å²) in [4.78, 5) is 18.7. The quantitative estimate of drug-likeness (QED) is 0.816. The van der Waals surface area contributed by atoms with Crippen LogP contribution in [0.3, 0.4) is 0 Å². The lowest BCUT2D eigenvalue weighted by atomic mass is 10.0. The molecular weight excluding hydrogens is 324 g/mol. The number of rotatable bonds is 3. The van der Waals surface area contributed by atoms with Crippen LogP contribution in [-0.4, -0.2) is 29.1 Å². The Morgan fingerprint density at radius 2 is 1.85 bits per heavy atom. The van der Waals surface area contributed by atoms with E-state index in [1.807, 2.05) is 53.6 Å². The zero-order chi connectivity index (χ0) is 17.8. The fourth-order valence-electron chi connectivity index (χ4n) is 3.55. The Labute approximate surface area is 153 Å². The Hall–Kier alpha value is -2.88. The molecule has 132 valence electrons. The summed E-state index contributed by atoms with van der Waals surface area (Å²) in [6.45, 7) is 1.75. The third kappa shape index (κ3) is 3.69. The van der Waals surface area contributed by atoms with Gasteiger partial charge in [0.25, 0.3) is 0 Å². The Kier molecular flexibility index (Phi) is 4.82. The number of nitrogens with zero attached hydrogens (tertiary/aromatic N) is 2. The molecule has 2 heterocycles. The smallest absolute Gasteiger partial charge is 0.410 e. The second-order valence-corrected chi connectivity index (χ2v) is 6.72. The highest BCUT2D eigenvalue weighted by atomic mass is 16.6. The molecule has 0 fully saturated rings. The molecule has 1 amide bonds. The zero-order valence-electron chi connectivity index (χ0n) is 14.7. The van der Waals surface area contributed by atoms with Crippen molar-refractivity contribution in [3.8, 4) is 0 Å². The first-order chi connectivity index (χ1) is 12.8. The van der Waals surface area contributed by atoms with E-state index in [0.29, 0.717) is 13.2 Å². The predicted octanol–water partition coefficient (Wildman–Crippen LogP) is 4.60. The predicted molar refractivity (Wildman–Crippen MR) is 101 cm³/mol. The maximum atomic E-state index is 12.4. The second kappa shape index (κ2) is 7.56. The SMILES string of the molecule is O=C(OCc1ccccc1)N1CCC2=C(CC1)CC(c1ccccn1)=C2. The molecule has 1 aromatic carbocycles. The van der Waals surface area contributed by atoms with Crippen LogP contribution in [0.1, 0.15) is 30.5 Å². The van der Waals surface area contributed by atoms with E-state index < -0.39 is 0 Å². The molecule has 4 heteroatoms. The molecule has 2 aromatic rings. The average molecular weight is 346 g/mol. The minimum atomic E-state index is -0.219. The van der Waals surface area contributed by atoms with Gasteiger partial charge in [-0.3, -0.25) is 4.98 Å². The molecule has 0 spiro atoms. The molecule has 1 aliphatic heterocycles. The molecule has 1 aliphatic carbocycles. The van der Waals surface area contributed by atoms with E-state index in [1.165, 1.54) is 16.7 Å². The van der Waals surface area contributed by atoms with Gasteiger partial charge in [0.2, 0.25) is 0 Å².